The molecule has 0 saturated heterocycles. The lowest BCUT2D eigenvalue weighted by Crippen LogP contribution is -1.98. The molecule has 0 unspecified atom stereocenters. The van der Waals surface area contributed by atoms with Crippen LogP contribution in [0, 0.1) is 13.8 Å². The molecule has 0 fully saturated rings. The van der Waals surface area contributed by atoms with Crippen LogP contribution in [0.5, 0.6) is 0 Å². The van der Waals surface area contributed by atoms with Crippen molar-refractivity contribution in [1.82, 2.24) is 4.98 Å². The van der Waals surface area contributed by atoms with Crippen molar-refractivity contribution < 1.29 is 0 Å². The average molecular weight is 218 g/mol. The maximum Gasteiger partial charge on any atom is 0.0897 e. The van der Waals surface area contributed by atoms with Gasteiger partial charge in [-0.25, -0.2) is 4.98 Å². The Hall–Kier alpha value is -0.480. The van der Waals surface area contributed by atoms with Crippen LogP contribution in [0.1, 0.15) is 31.5 Å². The van der Waals surface area contributed by atoms with Gasteiger partial charge in [0.2, 0.25) is 0 Å². The van der Waals surface area contributed by atoms with Crippen LogP contribution in [0.4, 0.5) is 0 Å². The van der Waals surface area contributed by atoms with E-state index >= 15 is 0 Å². The fourth-order valence-corrected chi connectivity index (χ4v) is 1.06. The topological polar surface area (TPSA) is 38.9 Å². The summed E-state index contributed by atoms with van der Waals surface area (Å²) in [6.07, 6.45) is 0. The molecule has 2 N–H and O–H groups in total. The quantitative estimate of drug-likeness (QED) is 0.680. The van der Waals surface area contributed by atoms with Crippen LogP contribution in [-0.2, 0) is 0 Å². The fraction of sp³-hybridized carbons (Fsp3) is 0.556. The summed E-state index contributed by atoms with van der Waals surface area (Å²) < 4.78 is 0. The highest BCUT2D eigenvalue weighted by Gasteiger charge is 1.86. The largest absolute Gasteiger partial charge is 0.394 e. The van der Waals surface area contributed by atoms with Crippen LogP contribution in [0.2, 0.25) is 0 Å². The van der Waals surface area contributed by atoms with Gasteiger partial charge in [0.05, 0.1) is 10.00 Å². The van der Waals surface area contributed by atoms with Crippen molar-refractivity contribution in [2.75, 3.05) is 0 Å². The summed E-state index contributed by atoms with van der Waals surface area (Å²) in [5, 5.41) is 3.20. The Kier molecular flexibility index (Phi) is 11.1. The third-order valence-electron chi connectivity index (χ3n) is 0.734. The van der Waals surface area contributed by atoms with Crippen LogP contribution in [-0.4, -0.2) is 9.97 Å². The number of nitrogens with two attached hydrogens (primary N) is 1. The van der Waals surface area contributed by atoms with Gasteiger partial charge in [-0.3, -0.25) is 0 Å². The minimum Gasteiger partial charge on any atom is -0.394 e. The molecular formula is C9H18N2S2. The third kappa shape index (κ3) is 14.4. The zero-order valence-corrected chi connectivity index (χ0v) is 10.6. The van der Waals surface area contributed by atoms with Crippen molar-refractivity contribution in [2.24, 2.45) is 5.73 Å². The number of nitrogens with zero attached hydrogens (tertiary/aromatic N) is 1. The number of hydrogen-bond donors (Lipinski definition) is 1. The Morgan fingerprint density at radius 2 is 1.85 bits per heavy atom. The minimum absolute atomic E-state index is 0.500. The highest BCUT2D eigenvalue weighted by atomic mass is 32.1. The van der Waals surface area contributed by atoms with Crippen LogP contribution >= 0.6 is 23.6 Å². The second-order valence-corrected chi connectivity index (χ2v) is 3.82. The monoisotopic (exact) mass is 218 g/mol. The molecule has 2 nitrogen and oxygen atoms in total. The van der Waals surface area contributed by atoms with Gasteiger partial charge in [-0.05, 0) is 20.8 Å². The summed E-state index contributed by atoms with van der Waals surface area (Å²) in [6, 6.07) is 0. The highest BCUT2D eigenvalue weighted by Crippen LogP contribution is 2.04. The number of thiazole rings is 1. The molecule has 0 aliphatic heterocycles. The van der Waals surface area contributed by atoms with E-state index in [9.17, 15) is 0 Å². The average Bonchev–Trinajstić information content (AvgIpc) is 2.38. The normalized spacial score (nSPS) is 7.46. The van der Waals surface area contributed by atoms with Crippen LogP contribution in [0.3, 0.4) is 0 Å². The zero-order chi connectivity index (χ0) is 10.9. The predicted octanol–water partition coefficient (Wildman–Crippen LogP) is 3.08. The highest BCUT2D eigenvalue weighted by molar-refractivity contribution is 7.80. The van der Waals surface area contributed by atoms with Gasteiger partial charge in [0.1, 0.15) is 0 Å². The number of rotatable bonds is 0. The van der Waals surface area contributed by atoms with Crippen LogP contribution < -0.4 is 5.73 Å². The van der Waals surface area contributed by atoms with Crippen molar-refractivity contribution >= 4 is 28.5 Å². The first-order valence-corrected chi connectivity index (χ1v) is 5.46. The van der Waals surface area contributed by atoms with E-state index in [1.54, 1.807) is 18.3 Å². The Balaban J connectivity index is 0. The molecule has 0 radical (unpaired) electrons. The van der Waals surface area contributed by atoms with Gasteiger partial charge < -0.3 is 5.73 Å². The SMILES string of the molecule is CC.CC(N)=S.Cc1csc(C)n1. The summed E-state index contributed by atoms with van der Waals surface area (Å²) in [6.45, 7) is 9.69. The van der Waals surface area contributed by atoms with Gasteiger partial charge in [-0.2, -0.15) is 0 Å². The minimum atomic E-state index is 0.500. The lowest BCUT2D eigenvalue weighted by molar-refractivity contribution is 1.20. The molecular weight excluding hydrogens is 200 g/mol. The smallest absolute Gasteiger partial charge is 0.0897 e. The van der Waals surface area contributed by atoms with E-state index in [0.29, 0.717) is 4.99 Å². The second-order valence-electron chi connectivity index (χ2n) is 2.12. The molecule has 13 heavy (non-hydrogen) atoms. The zero-order valence-electron chi connectivity index (χ0n) is 8.92. The lowest BCUT2D eigenvalue weighted by Gasteiger charge is -1.71. The van der Waals surface area contributed by atoms with Gasteiger partial charge in [0, 0.05) is 11.1 Å². The van der Waals surface area contributed by atoms with E-state index in [1.165, 1.54) is 0 Å². The first-order chi connectivity index (χ1) is 6.02. The molecule has 4 heteroatoms. The molecule has 0 amide bonds. The first kappa shape index (κ1) is 15.0. The van der Waals surface area contributed by atoms with E-state index in [0.717, 1.165) is 10.7 Å². The molecule has 0 aliphatic rings. The molecule has 0 bridgehead atoms. The maximum atomic E-state index is 4.84. The van der Waals surface area contributed by atoms with Crippen molar-refractivity contribution in [2.45, 2.75) is 34.6 Å². The lowest BCUT2D eigenvalue weighted by atomic mass is 10.6. The van der Waals surface area contributed by atoms with Crippen molar-refractivity contribution in [3.05, 3.63) is 16.1 Å². The first-order valence-electron chi connectivity index (χ1n) is 4.17. The summed E-state index contributed by atoms with van der Waals surface area (Å²) in [5.74, 6) is 0. The summed E-state index contributed by atoms with van der Waals surface area (Å²) in [7, 11) is 0. The molecule has 1 aromatic heterocycles. The van der Waals surface area contributed by atoms with Gasteiger partial charge >= 0.3 is 0 Å². The van der Waals surface area contributed by atoms with E-state index in [2.05, 4.69) is 22.6 Å². The number of aryl methyl sites for hydroxylation is 2. The molecule has 0 spiro atoms. The van der Waals surface area contributed by atoms with Crippen molar-refractivity contribution in [3.8, 4) is 0 Å². The summed E-state index contributed by atoms with van der Waals surface area (Å²) in [4.78, 5) is 4.63. The van der Waals surface area contributed by atoms with E-state index < -0.39 is 0 Å². The number of thiocarbonyl (C=S) groups is 1. The standard InChI is InChI=1S/C5H7NS.C2H5NS.C2H6/c1-4-3-7-5(2)6-4;1-2(3)4;1-2/h3H,1-2H3;1H3,(H2,3,4);1-2H3. The Bertz CT molecular complexity index is 211. The maximum absolute atomic E-state index is 4.84. The van der Waals surface area contributed by atoms with Gasteiger partial charge in [-0.1, -0.05) is 26.1 Å². The van der Waals surface area contributed by atoms with Gasteiger partial charge in [-0.15, -0.1) is 11.3 Å². The van der Waals surface area contributed by atoms with E-state index in [4.69, 9.17) is 5.73 Å². The summed E-state index contributed by atoms with van der Waals surface area (Å²) in [5.41, 5.74) is 5.97. The van der Waals surface area contributed by atoms with Gasteiger partial charge in [0.25, 0.3) is 0 Å². The fourth-order valence-electron chi connectivity index (χ4n) is 0.472. The molecule has 76 valence electrons. The molecule has 0 aromatic carbocycles. The van der Waals surface area contributed by atoms with E-state index in [-0.39, 0.29) is 0 Å². The van der Waals surface area contributed by atoms with Crippen molar-refractivity contribution in [1.29, 1.82) is 0 Å². The Labute approximate surface area is 90.2 Å². The molecule has 0 saturated carbocycles. The van der Waals surface area contributed by atoms with Crippen LogP contribution in [0.25, 0.3) is 0 Å². The van der Waals surface area contributed by atoms with E-state index in [1.807, 2.05) is 27.7 Å². The summed E-state index contributed by atoms with van der Waals surface area (Å²) >= 11 is 6.01. The molecule has 0 atom stereocenters. The molecule has 1 rings (SSSR count). The predicted molar refractivity (Wildman–Crippen MR) is 65.4 cm³/mol. The van der Waals surface area contributed by atoms with Crippen molar-refractivity contribution in [3.63, 3.8) is 0 Å². The Morgan fingerprint density at radius 1 is 1.46 bits per heavy atom. The van der Waals surface area contributed by atoms with Crippen LogP contribution in [0.15, 0.2) is 5.38 Å². The number of aromatic nitrogens is 1. The Morgan fingerprint density at radius 3 is 1.92 bits per heavy atom. The van der Waals surface area contributed by atoms with Gasteiger partial charge in [0.15, 0.2) is 0 Å². The third-order valence-corrected chi connectivity index (χ3v) is 1.63. The molecule has 0 aliphatic carbocycles. The molecule has 1 aromatic rings. The number of hydrogen-bond acceptors (Lipinski definition) is 3. The molecule has 1 heterocycles. The second kappa shape index (κ2) is 9.61.